The molecule has 0 N–H and O–H groups in total. The van der Waals surface area contributed by atoms with E-state index in [1.54, 1.807) is 35.2 Å². The molecule has 0 radical (unpaired) electrons. The number of anilines is 2. The molecule has 0 saturated carbocycles. The monoisotopic (exact) mass is 581 g/mol. The summed E-state index contributed by atoms with van der Waals surface area (Å²) < 4.78 is 17.0. The predicted molar refractivity (Wildman–Crippen MR) is 151 cm³/mol. The largest absolute Gasteiger partial charge is 0.424 e. The Hall–Kier alpha value is -3.75. The van der Waals surface area contributed by atoms with E-state index in [4.69, 9.17) is 19.2 Å². The number of amides is 3. The summed E-state index contributed by atoms with van der Waals surface area (Å²) in [7, 11) is 0. The number of hydrogen-bond donors (Lipinski definition) is 0. The minimum atomic E-state index is -0.454. The maximum atomic E-state index is 12.9. The van der Waals surface area contributed by atoms with Gasteiger partial charge in [-0.3, -0.25) is 19.3 Å². The van der Waals surface area contributed by atoms with Crippen LogP contribution in [0.2, 0.25) is 0 Å². The van der Waals surface area contributed by atoms with Crippen molar-refractivity contribution in [3.63, 3.8) is 0 Å². The molecule has 13 nitrogen and oxygen atoms in total. The number of thioether (sulfide) groups is 1. The van der Waals surface area contributed by atoms with Crippen LogP contribution in [0.1, 0.15) is 18.4 Å². The third kappa shape index (κ3) is 6.44. The number of carbonyl (C=O) groups is 3. The van der Waals surface area contributed by atoms with E-state index in [1.807, 2.05) is 0 Å². The Morgan fingerprint density at radius 2 is 1.44 bits per heavy atom. The summed E-state index contributed by atoms with van der Waals surface area (Å²) >= 11 is 0.841. The van der Waals surface area contributed by atoms with Crippen LogP contribution in [0.15, 0.2) is 29.2 Å². The van der Waals surface area contributed by atoms with E-state index in [0.717, 1.165) is 29.5 Å². The third-order valence-electron chi connectivity index (χ3n) is 7.19. The maximum Gasteiger partial charge on any atom is 0.328 e. The van der Waals surface area contributed by atoms with Gasteiger partial charge in [0.2, 0.25) is 17.8 Å². The van der Waals surface area contributed by atoms with Gasteiger partial charge in [0.05, 0.1) is 31.3 Å². The second-order valence-corrected chi connectivity index (χ2v) is 10.9. The van der Waals surface area contributed by atoms with E-state index in [9.17, 15) is 14.4 Å². The van der Waals surface area contributed by atoms with Crippen molar-refractivity contribution >= 4 is 46.8 Å². The SMILES string of the molecule is O=C(CN1C(=O)S/C(=C\c2ccc(Oc3nc(N4CCOCC4)nc(N4CCOCC4)n3)cc2)C1=O)N1CCCC1. The van der Waals surface area contributed by atoms with Crippen molar-refractivity contribution in [2.24, 2.45) is 0 Å². The molecule has 3 amide bonds. The van der Waals surface area contributed by atoms with E-state index in [1.165, 1.54) is 0 Å². The molecule has 1 aromatic carbocycles. The summed E-state index contributed by atoms with van der Waals surface area (Å²) in [6.07, 6.45) is 3.54. The highest BCUT2D eigenvalue weighted by Crippen LogP contribution is 2.33. The molecule has 0 unspecified atom stereocenters. The fourth-order valence-corrected chi connectivity index (χ4v) is 5.76. The average Bonchev–Trinajstić information content (AvgIpc) is 3.64. The standard InChI is InChI=1S/C27H31N7O6S/c35-22(31-7-1-2-8-31)18-34-23(36)21(41-27(34)37)17-19-3-5-20(6-4-19)40-26-29-24(32-9-13-38-14-10-32)28-25(30-26)33-11-15-39-16-12-33/h3-6,17H,1-2,7-16,18H2/b21-17-. The van der Waals surface area contributed by atoms with E-state index < -0.39 is 11.1 Å². The van der Waals surface area contributed by atoms with Gasteiger partial charge in [-0.15, -0.1) is 0 Å². The number of imide groups is 1. The van der Waals surface area contributed by atoms with Crippen LogP contribution in [0.5, 0.6) is 11.8 Å². The highest BCUT2D eigenvalue weighted by Gasteiger charge is 2.37. The van der Waals surface area contributed by atoms with Crippen molar-refractivity contribution in [1.82, 2.24) is 24.8 Å². The highest BCUT2D eigenvalue weighted by atomic mass is 32.2. The Morgan fingerprint density at radius 1 is 0.854 bits per heavy atom. The van der Waals surface area contributed by atoms with Crippen LogP contribution in [0, 0.1) is 0 Å². The molecule has 216 valence electrons. The van der Waals surface area contributed by atoms with Gasteiger partial charge >= 0.3 is 6.01 Å². The summed E-state index contributed by atoms with van der Waals surface area (Å²) in [5.41, 5.74) is 0.715. The molecule has 0 spiro atoms. The Kier molecular flexibility index (Phi) is 8.30. The molecular formula is C27H31N7O6S. The molecule has 4 fully saturated rings. The zero-order valence-electron chi connectivity index (χ0n) is 22.6. The fourth-order valence-electron chi connectivity index (χ4n) is 4.92. The molecule has 0 bridgehead atoms. The first-order valence-electron chi connectivity index (χ1n) is 13.8. The molecule has 14 heteroatoms. The summed E-state index contributed by atoms with van der Waals surface area (Å²) in [5, 5.41) is -0.435. The Labute approximate surface area is 241 Å². The van der Waals surface area contributed by atoms with Crippen molar-refractivity contribution in [3.8, 4) is 11.8 Å². The second kappa shape index (κ2) is 12.4. The van der Waals surface area contributed by atoms with Crippen LogP contribution >= 0.6 is 11.8 Å². The maximum absolute atomic E-state index is 12.9. The van der Waals surface area contributed by atoms with Crippen molar-refractivity contribution < 1.29 is 28.6 Å². The van der Waals surface area contributed by atoms with Gasteiger partial charge in [0.1, 0.15) is 12.3 Å². The number of morpholine rings is 2. The molecule has 4 saturated heterocycles. The van der Waals surface area contributed by atoms with E-state index in [-0.39, 0.29) is 23.4 Å². The van der Waals surface area contributed by atoms with Gasteiger partial charge in [0.25, 0.3) is 11.1 Å². The number of benzene rings is 1. The first-order chi connectivity index (χ1) is 20.0. The molecule has 0 atom stereocenters. The van der Waals surface area contributed by atoms with Crippen LogP contribution in [0.25, 0.3) is 6.08 Å². The van der Waals surface area contributed by atoms with E-state index >= 15 is 0 Å². The first kappa shape index (κ1) is 27.4. The Bertz CT molecular complexity index is 1290. The van der Waals surface area contributed by atoms with Gasteiger partial charge in [0.15, 0.2) is 0 Å². The number of hydrogen-bond acceptors (Lipinski definition) is 12. The smallest absolute Gasteiger partial charge is 0.328 e. The van der Waals surface area contributed by atoms with Gasteiger partial charge in [-0.25, -0.2) is 0 Å². The number of likely N-dealkylation sites (tertiary alicyclic amines) is 1. The molecule has 41 heavy (non-hydrogen) atoms. The zero-order valence-corrected chi connectivity index (χ0v) is 23.4. The number of ether oxygens (including phenoxy) is 3. The third-order valence-corrected chi connectivity index (χ3v) is 8.10. The molecule has 1 aromatic heterocycles. The van der Waals surface area contributed by atoms with Gasteiger partial charge < -0.3 is 28.9 Å². The molecule has 0 aliphatic carbocycles. The van der Waals surface area contributed by atoms with E-state index in [0.29, 0.717) is 88.9 Å². The normalized spacial score (nSPS) is 20.8. The molecule has 6 rings (SSSR count). The zero-order chi connectivity index (χ0) is 28.2. The van der Waals surface area contributed by atoms with Crippen LogP contribution in [0.4, 0.5) is 16.7 Å². The lowest BCUT2D eigenvalue weighted by atomic mass is 10.2. The quantitative estimate of drug-likeness (QED) is 0.443. The minimum absolute atomic E-state index is 0.180. The average molecular weight is 582 g/mol. The number of rotatable bonds is 7. The van der Waals surface area contributed by atoms with Crippen LogP contribution in [-0.4, -0.2) is 114 Å². The summed E-state index contributed by atoms with van der Waals surface area (Å²) in [5.74, 6) is 0.938. The first-order valence-corrected chi connectivity index (χ1v) is 14.6. The van der Waals surface area contributed by atoms with Gasteiger partial charge in [-0.1, -0.05) is 12.1 Å². The molecular weight excluding hydrogens is 550 g/mol. The lowest BCUT2D eigenvalue weighted by Crippen LogP contribution is -2.40. The van der Waals surface area contributed by atoms with Gasteiger partial charge in [0, 0.05) is 39.3 Å². The van der Waals surface area contributed by atoms with Crippen LogP contribution < -0.4 is 14.5 Å². The number of carbonyl (C=O) groups excluding carboxylic acids is 3. The lowest BCUT2D eigenvalue weighted by Gasteiger charge is -2.30. The number of aromatic nitrogens is 3. The summed E-state index contributed by atoms with van der Waals surface area (Å²) in [4.78, 5) is 58.8. The second-order valence-electron chi connectivity index (χ2n) is 9.94. The summed E-state index contributed by atoms with van der Waals surface area (Å²) in [6, 6.07) is 7.25. The van der Waals surface area contributed by atoms with Crippen molar-refractivity contribution in [2.45, 2.75) is 12.8 Å². The number of nitrogens with zero attached hydrogens (tertiary/aromatic N) is 7. The van der Waals surface area contributed by atoms with Crippen LogP contribution in [-0.2, 0) is 19.1 Å². The van der Waals surface area contributed by atoms with Crippen LogP contribution in [0.3, 0.4) is 0 Å². The topological polar surface area (TPSA) is 131 Å². The predicted octanol–water partition coefficient (Wildman–Crippen LogP) is 2.00. The fraction of sp³-hybridized carbons (Fsp3) is 0.481. The van der Waals surface area contributed by atoms with Gasteiger partial charge in [-0.2, -0.15) is 15.0 Å². The molecule has 4 aliphatic heterocycles. The minimum Gasteiger partial charge on any atom is -0.424 e. The van der Waals surface area contributed by atoms with E-state index in [2.05, 4.69) is 19.8 Å². The summed E-state index contributed by atoms with van der Waals surface area (Å²) in [6.45, 7) is 6.25. The van der Waals surface area contributed by atoms with Crippen molar-refractivity contribution in [1.29, 1.82) is 0 Å². The molecule has 5 heterocycles. The highest BCUT2D eigenvalue weighted by molar-refractivity contribution is 8.18. The molecule has 4 aliphatic rings. The van der Waals surface area contributed by atoms with Crippen molar-refractivity contribution in [3.05, 3.63) is 34.7 Å². The lowest BCUT2D eigenvalue weighted by molar-refractivity contribution is -0.135. The molecule has 2 aromatic rings. The van der Waals surface area contributed by atoms with Crippen molar-refractivity contribution in [2.75, 3.05) is 82.0 Å². The Balaban J connectivity index is 1.15. The van der Waals surface area contributed by atoms with Gasteiger partial charge in [-0.05, 0) is 48.4 Å². The Morgan fingerprint density at radius 3 is 2.02 bits per heavy atom.